The number of aliphatic hydroxyl groups is 1. The minimum absolute atomic E-state index is 0.0281. The Bertz CT molecular complexity index is 873. The molecule has 1 saturated heterocycles. The number of H-pyrrole nitrogens is 1. The largest absolute Gasteiger partial charge is 0.382 e. The third-order valence-corrected chi connectivity index (χ3v) is 5.52. The number of nitrogens with one attached hydrogen (secondary N) is 2. The molecule has 1 aromatic heterocycles. The monoisotopic (exact) mass is 428 g/mol. The van der Waals surface area contributed by atoms with Gasteiger partial charge in [-0.3, -0.25) is 5.10 Å². The quantitative estimate of drug-likeness (QED) is 0.677. The number of piperidine rings is 1. The van der Waals surface area contributed by atoms with E-state index in [-0.39, 0.29) is 48.0 Å². The number of fused-ring (bicyclic) bond motifs is 1. The average molecular weight is 429 g/mol. The number of benzene rings is 1. The van der Waals surface area contributed by atoms with Crippen LogP contribution in [0.2, 0.25) is 5.02 Å². The smallest absolute Gasteiger partial charge is 0.317 e. The lowest BCUT2D eigenvalue weighted by Crippen LogP contribution is -2.49. The number of carbonyl (C=O) groups excluding carboxylic acids is 1. The van der Waals surface area contributed by atoms with Crippen molar-refractivity contribution in [2.24, 2.45) is 11.3 Å². The molecular weight excluding hydrogens is 402 g/mol. The highest BCUT2D eigenvalue weighted by Gasteiger charge is 2.48. The van der Waals surface area contributed by atoms with E-state index in [1.54, 1.807) is 11.0 Å². The fourth-order valence-electron chi connectivity index (χ4n) is 3.61. The second kappa shape index (κ2) is 8.07. The molecule has 160 valence electrons. The zero-order valence-electron chi connectivity index (χ0n) is 16.8. The third kappa shape index (κ3) is 4.80. The molecule has 2 aromatic rings. The van der Waals surface area contributed by atoms with Crippen LogP contribution in [0.1, 0.15) is 45.3 Å². The van der Waals surface area contributed by atoms with E-state index in [1.165, 1.54) is 12.3 Å². The van der Waals surface area contributed by atoms with Gasteiger partial charge in [-0.1, -0.05) is 32.4 Å². The Morgan fingerprint density at radius 1 is 1.38 bits per heavy atom. The summed E-state index contributed by atoms with van der Waals surface area (Å²) >= 11 is 6.03. The van der Waals surface area contributed by atoms with Crippen LogP contribution in [-0.4, -0.2) is 51.8 Å². The van der Waals surface area contributed by atoms with Crippen LogP contribution < -0.4 is 5.32 Å². The lowest BCUT2D eigenvalue weighted by atomic mass is 9.85. The first-order valence-corrected chi connectivity index (χ1v) is 10.1. The van der Waals surface area contributed by atoms with Crippen LogP contribution in [-0.2, 0) is 0 Å². The number of carbonyl (C=O) groups is 1. The molecule has 6 nitrogen and oxygen atoms in total. The SMILES string of the molecule is CC(C)(C)CNC(=O)N1CCC(C(F)(F)C(O)c2cc(Cl)cc3cn[nH]c23)CC1. The van der Waals surface area contributed by atoms with Crippen molar-refractivity contribution in [3.63, 3.8) is 0 Å². The summed E-state index contributed by atoms with van der Waals surface area (Å²) in [6.45, 7) is 6.97. The minimum Gasteiger partial charge on any atom is -0.382 e. The van der Waals surface area contributed by atoms with Crippen LogP contribution in [0.25, 0.3) is 10.9 Å². The Kier molecular flexibility index (Phi) is 6.06. The maximum atomic E-state index is 15.1. The van der Waals surface area contributed by atoms with Crippen LogP contribution in [0, 0.1) is 11.3 Å². The first kappa shape index (κ1) is 21.8. The molecule has 3 rings (SSSR count). The number of likely N-dealkylation sites (tertiary alicyclic amines) is 1. The Hall–Kier alpha value is -1.93. The molecular formula is C20H27ClF2N4O2. The summed E-state index contributed by atoms with van der Waals surface area (Å²) in [6.07, 6.45) is -0.320. The van der Waals surface area contributed by atoms with Crippen molar-refractivity contribution in [3.8, 4) is 0 Å². The standard InChI is InChI=1S/C20H27ClF2N4O2/c1-19(2,3)11-24-18(29)27-6-4-13(5-7-27)20(22,23)17(28)15-9-14(21)8-12-10-25-26-16(12)15/h8-10,13,17,28H,4-7,11H2,1-3H3,(H,24,29)(H,25,26). The van der Waals surface area contributed by atoms with Gasteiger partial charge in [0.15, 0.2) is 0 Å². The summed E-state index contributed by atoms with van der Waals surface area (Å²) < 4.78 is 30.3. The fourth-order valence-corrected chi connectivity index (χ4v) is 3.85. The molecule has 0 bridgehead atoms. The summed E-state index contributed by atoms with van der Waals surface area (Å²) in [5, 5.41) is 20.7. The number of urea groups is 1. The van der Waals surface area contributed by atoms with Gasteiger partial charge < -0.3 is 15.3 Å². The summed E-state index contributed by atoms with van der Waals surface area (Å²) in [5.74, 6) is -4.41. The first-order valence-electron chi connectivity index (χ1n) is 9.70. The van der Waals surface area contributed by atoms with Gasteiger partial charge in [0.1, 0.15) is 6.10 Å². The molecule has 2 amide bonds. The van der Waals surface area contributed by atoms with Gasteiger partial charge in [0.2, 0.25) is 0 Å². The van der Waals surface area contributed by atoms with Crippen molar-refractivity contribution >= 4 is 28.5 Å². The van der Waals surface area contributed by atoms with Gasteiger partial charge in [0.05, 0.1) is 11.7 Å². The number of rotatable bonds is 4. The molecule has 0 radical (unpaired) electrons. The van der Waals surface area contributed by atoms with Crippen molar-refractivity contribution in [2.45, 2.75) is 45.6 Å². The minimum atomic E-state index is -3.36. The summed E-state index contributed by atoms with van der Waals surface area (Å²) in [6, 6.07) is 2.70. The van der Waals surface area contributed by atoms with Crippen LogP contribution >= 0.6 is 11.6 Å². The lowest BCUT2D eigenvalue weighted by Gasteiger charge is -2.38. The Labute approximate surface area is 173 Å². The average Bonchev–Trinajstić information content (AvgIpc) is 3.12. The Balaban J connectivity index is 1.68. The Morgan fingerprint density at radius 2 is 2.03 bits per heavy atom. The normalized spacial score (nSPS) is 17.6. The van der Waals surface area contributed by atoms with Gasteiger partial charge in [-0.15, -0.1) is 0 Å². The van der Waals surface area contributed by atoms with E-state index in [1.807, 2.05) is 20.8 Å². The number of hydrogen-bond donors (Lipinski definition) is 3. The van der Waals surface area contributed by atoms with Crippen molar-refractivity contribution < 1.29 is 18.7 Å². The highest BCUT2D eigenvalue weighted by molar-refractivity contribution is 6.31. The second-order valence-corrected chi connectivity index (χ2v) is 9.32. The van der Waals surface area contributed by atoms with Gasteiger partial charge in [0, 0.05) is 41.5 Å². The molecule has 0 aliphatic carbocycles. The molecule has 1 atom stereocenters. The molecule has 1 aliphatic heterocycles. The number of halogens is 3. The van der Waals surface area contributed by atoms with Gasteiger partial charge >= 0.3 is 6.03 Å². The summed E-state index contributed by atoms with van der Waals surface area (Å²) in [4.78, 5) is 13.8. The van der Waals surface area contributed by atoms with Gasteiger partial charge in [-0.25, -0.2) is 13.6 Å². The van der Waals surface area contributed by atoms with Crippen molar-refractivity contribution in [1.29, 1.82) is 0 Å². The first-order chi connectivity index (χ1) is 13.5. The van der Waals surface area contributed by atoms with Crippen LogP contribution in [0.15, 0.2) is 18.3 Å². The molecule has 2 heterocycles. The molecule has 0 spiro atoms. The number of nitrogens with zero attached hydrogens (tertiary/aromatic N) is 2. The fraction of sp³-hybridized carbons (Fsp3) is 0.600. The number of hydrogen-bond acceptors (Lipinski definition) is 3. The number of aromatic nitrogens is 2. The van der Waals surface area contributed by atoms with Gasteiger partial charge in [-0.05, 0) is 30.4 Å². The summed E-state index contributed by atoms with van der Waals surface area (Å²) in [5.41, 5.74) is 0.320. The maximum absolute atomic E-state index is 15.1. The van der Waals surface area contributed by atoms with Crippen LogP contribution in [0.5, 0.6) is 0 Å². The highest BCUT2D eigenvalue weighted by Crippen LogP contribution is 2.44. The third-order valence-electron chi connectivity index (χ3n) is 5.30. The maximum Gasteiger partial charge on any atom is 0.317 e. The van der Waals surface area contributed by atoms with E-state index in [2.05, 4.69) is 15.5 Å². The molecule has 1 aromatic carbocycles. The zero-order valence-corrected chi connectivity index (χ0v) is 17.6. The van der Waals surface area contributed by atoms with Crippen LogP contribution in [0.4, 0.5) is 13.6 Å². The molecule has 3 N–H and O–H groups in total. The van der Waals surface area contributed by atoms with E-state index in [4.69, 9.17) is 11.6 Å². The molecule has 29 heavy (non-hydrogen) atoms. The number of aliphatic hydroxyl groups excluding tert-OH is 1. The zero-order chi connectivity index (χ0) is 21.4. The molecule has 1 aliphatic rings. The van der Waals surface area contributed by atoms with Gasteiger partial charge in [0.25, 0.3) is 5.92 Å². The highest BCUT2D eigenvalue weighted by atomic mass is 35.5. The van der Waals surface area contributed by atoms with E-state index < -0.39 is 17.9 Å². The second-order valence-electron chi connectivity index (χ2n) is 8.89. The molecule has 1 fully saturated rings. The molecule has 9 heteroatoms. The van der Waals surface area contributed by atoms with Crippen molar-refractivity contribution in [1.82, 2.24) is 20.4 Å². The predicted molar refractivity (Wildman–Crippen MR) is 108 cm³/mol. The van der Waals surface area contributed by atoms with Crippen LogP contribution in [0.3, 0.4) is 0 Å². The summed E-state index contributed by atoms with van der Waals surface area (Å²) in [7, 11) is 0. The van der Waals surface area contributed by atoms with E-state index in [9.17, 15) is 9.90 Å². The lowest BCUT2D eigenvalue weighted by molar-refractivity contribution is -0.159. The molecule has 1 unspecified atom stereocenters. The van der Waals surface area contributed by atoms with Crippen molar-refractivity contribution in [3.05, 3.63) is 28.9 Å². The van der Waals surface area contributed by atoms with E-state index >= 15 is 8.78 Å². The predicted octanol–water partition coefficient (Wildman–Crippen LogP) is 4.35. The molecule has 0 saturated carbocycles. The van der Waals surface area contributed by atoms with Gasteiger partial charge in [-0.2, -0.15) is 5.10 Å². The van der Waals surface area contributed by atoms with E-state index in [0.717, 1.165) is 0 Å². The Morgan fingerprint density at radius 3 is 2.66 bits per heavy atom. The number of aromatic amines is 1. The van der Waals surface area contributed by atoms with E-state index in [0.29, 0.717) is 17.4 Å². The van der Waals surface area contributed by atoms with Crippen molar-refractivity contribution in [2.75, 3.05) is 19.6 Å². The number of alkyl halides is 2. The topological polar surface area (TPSA) is 81.2 Å². The number of amides is 2.